The molecule has 2 aromatic heterocycles. The first kappa shape index (κ1) is 9.96. The highest BCUT2D eigenvalue weighted by Gasteiger charge is 2.15. The summed E-state index contributed by atoms with van der Waals surface area (Å²) in [4.78, 5) is 11.7. The van der Waals surface area contributed by atoms with Crippen molar-refractivity contribution in [1.29, 1.82) is 0 Å². The fraction of sp³-hybridized carbons (Fsp3) is 0.455. The zero-order chi connectivity index (χ0) is 11.2. The number of hydrogen-bond donors (Lipinski definition) is 1. The van der Waals surface area contributed by atoms with Gasteiger partial charge in [0.2, 0.25) is 0 Å². The van der Waals surface area contributed by atoms with E-state index in [1.165, 1.54) is 0 Å². The van der Waals surface area contributed by atoms with Gasteiger partial charge in [0.15, 0.2) is 0 Å². The van der Waals surface area contributed by atoms with Crippen LogP contribution in [0.25, 0.3) is 10.8 Å². The molecule has 0 aliphatic heterocycles. The van der Waals surface area contributed by atoms with E-state index in [4.69, 9.17) is 0 Å². The summed E-state index contributed by atoms with van der Waals surface area (Å²) in [6, 6.07) is 0. The van der Waals surface area contributed by atoms with E-state index in [1.54, 1.807) is 0 Å². The van der Waals surface area contributed by atoms with Crippen molar-refractivity contribution in [3.63, 3.8) is 0 Å². The number of aryl methyl sites for hydroxylation is 3. The van der Waals surface area contributed by atoms with Gasteiger partial charge in [-0.2, -0.15) is 5.10 Å². The average Bonchev–Trinajstić information content (AvgIpc) is 2.46. The van der Waals surface area contributed by atoms with Crippen LogP contribution in [0.5, 0.6) is 0 Å². The molecule has 0 unspecified atom stereocenters. The summed E-state index contributed by atoms with van der Waals surface area (Å²) in [5.41, 5.74) is 2.94. The third kappa shape index (κ3) is 1.21. The maximum absolute atomic E-state index is 11.7. The number of aromatic nitrogens is 3. The summed E-state index contributed by atoms with van der Waals surface area (Å²) >= 11 is 0. The lowest BCUT2D eigenvalue weighted by atomic mass is 10.2. The van der Waals surface area contributed by atoms with Gasteiger partial charge in [-0.25, -0.2) is 5.10 Å². The van der Waals surface area contributed by atoms with Gasteiger partial charge in [0, 0.05) is 23.3 Å². The van der Waals surface area contributed by atoms with Crippen LogP contribution in [0.1, 0.15) is 24.0 Å². The molecule has 1 N–H and O–H groups in total. The first-order chi connectivity index (χ1) is 7.07. The van der Waals surface area contributed by atoms with Crippen LogP contribution < -0.4 is 5.56 Å². The van der Waals surface area contributed by atoms with Gasteiger partial charge in [-0.3, -0.25) is 4.79 Å². The predicted octanol–water partition coefficient (Wildman–Crippen LogP) is 1.67. The summed E-state index contributed by atoms with van der Waals surface area (Å²) in [6.07, 6.45) is 0. The minimum Gasteiger partial charge on any atom is -0.348 e. The molecule has 0 radical (unpaired) electrons. The van der Waals surface area contributed by atoms with E-state index in [0.717, 1.165) is 34.4 Å². The van der Waals surface area contributed by atoms with Crippen molar-refractivity contribution in [1.82, 2.24) is 14.8 Å². The molecule has 0 amide bonds. The number of aromatic amines is 1. The van der Waals surface area contributed by atoms with Crippen molar-refractivity contribution in [3.8, 4) is 0 Å². The van der Waals surface area contributed by atoms with Crippen molar-refractivity contribution >= 4 is 10.8 Å². The van der Waals surface area contributed by atoms with Crippen molar-refractivity contribution < 1.29 is 0 Å². The van der Waals surface area contributed by atoms with Gasteiger partial charge >= 0.3 is 0 Å². The molecule has 0 aliphatic rings. The Bertz CT molecular complexity index is 578. The van der Waals surface area contributed by atoms with Crippen molar-refractivity contribution in [3.05, 3.63) is 27.4 Å². The number of H-pyrrole nitrogens is 1. The van der Waals surface area contributed by atoms with Gasteiger partial charge in [-0.15, -0.1) is 0 Å². The van der Waals surface area contributed by atoms with E-state index in [1.807, 2.05) is 20.8 Å². The molecule has 0 aromatic carbocycles. The molecule has 0 atom stereocenters. The predicted molar refractivity (Wildman–Crippen MR) is 60.2 cm³/mol. The van der Waals surface area contributed by atoms with Crippen LogP contribution >= 0.6 is 0 Å². The highest BCUT2D eigenvalue weighted by Crippen LogP contribution is 2.23. The second-order valence-corrected chi connectivity index (χ2v) is 3.80. The zero-order valence-electron chi connectivity index (χ0n) is 9.51. The maximum Gasteiger partial charge on any atom is 0.273 e. The second kappa shape index (κ2) is 3.22. The van der Waals surface area contributed by atoms with E-state index >= 15 is 0 Å². The second-order valence-electron chi connectivity index (χ2n) is 3.80. The molecule has 0 saturated heterocycles. The molecule has 4 nitrogen and oxygen atoms in total. The topological polar surface area (TPSA) is 50.7 Å². The number of hydrogen-bond acceptors (Lipinski definition) is 2. The average molecular weight is 205 g/mol. The largest absolute Gasteiger partial charge is 0.348 e. The van der Waals surface area contributed by atoms with E-state index in [-0.39, 0.29) is 5.56 Å². The van der Waals surface area contributed by atoms with Gasteiger partial charge in [0.1, 0.15) is 0 Å². The summed E-state index contributed by atoms with van der Waals surface area (Å²) in [7, 11) is 0. The Labute approximate surface area is 87.9 Å². The van der Waals surface area contributed by atoms with Gasteiger partial charge in [-0.05, 0) is 27.7 Å². The molecule has 0 fully saturated rings. The van der Waals surface area contributed by atoms with Crippen LogP contribution in [0, 0.1) is 20.8 Å². The van der Waals surface area contributed by atoms with Crippen LogP contribution in [0.4, 0.5) is 0 Å². The van der Waals surface area contributed by atoms with Crippen molar-refractivity contribution in [2.75, 3.05) is 0 Å². The Hall–Kier alpha value is -1.58. The Kier molecular flexibility index (Phi) is 2.14. The molecule has 0 saturated carbocycles. The number of rotatable bonds is 1. The van der Waals surface area contributed by atoms with Crippen molar-refractivity contribution in [2.24, 2.45) is 0 Å². The summed E-state index contributed by atoms with van der Waals surface area (Å²) < 4.78 is 2.15. The summed E-state index contributed by atoms with van der Waals surface area (Å²) in [6.45, 7) is 8.90. The minimum absolute atomic E-state index is 0.0941. The molecule has 0 bridgehead atoms. The maximum atomic E-state index is 11.7. The Morgan fingerprint density at radius 1 is 1.20 bits per heavy atom. The van der Waals surface area contributed by atoms with Crippen LogP contribution in [-0.4, -0.2) is 14.8 Å². The number of nitrogens with one attached hydrogen (secondary N) is 1. The van der Waals surface area contributed by atoms with E-state index in [0.29, 0.717) is 0 Å². The van der Waals surface area contributed by atoms with Gasteiger partial charge in [-0.1, -0.05) is 0 Å². The third-order valence-corrected chi connectivity index (χ3v) is 3.01. The van der Waals surface area contributed by atoms with E-state index in [9.17, 15) is 4.79 Å². The lowest BCUT2D eigenvalue weighted by Gasteiger charge is -2.03. The first-order valence-corrected chi connectivity index (χ1v) is 5.12. The molecule has 15 heavy (non-hydrogen) atoms. The Balaban J connectivity index is 3.08. The first-order valence-electron chi connectivity index (χ1n) is 5.12. The summed E-state index contributed by atoms with van der Waals surface area (Å²) in [5.74, 6) is 0. The quantitative estimate of drug-likeness (QED) is 0.769. The highest BCUT2D eigenvalue weighted by molar-refractivity contribution is 5.89. The molecular weight excluding hydrogens is 190 g/mol. The smallest absolute Gasteiger partial charge is 0.273 e. The Morgan fingerprint density at radius 3 is 2.33 bits per heavy atom. The highest BCUT2D eigenvalue weighted by atomic mass is 16.1. The molecule has 0 spiro atoms. The molecule has 2 aromatic rings. The molecule has 80 valence electrons. The number of nitrogens with zero attached hydrogens (tertiary/aromatic N) is 2. The van der Waals surface area contributed by atoms with E-state index < -0.39 is 0 Å². The zero-order valence-corrected chi connectivity index (χ0v) is 9.51. The molecule has 0 aliphatic carbocycles. The fourth-order valence-electron chi connectivity index (χ4n) is 2.32. The molecular formula is C11H15N3O. The Morgan fingerprint density at radius 2 is 1.80 bits per heavy atom. The van der Waals surface area contributed by atoms with E-state index in [2.05, 4.69) is 21.7 Å². The molecule has 4 heteroatoms. The van der Waals surface area contributed by atoms with Gasteiger partial charge in [0.05, 0.1) is 11.1 Å². The monoisotopic (exact) mass is 205 g/mol. The number of fused-ring (bicyclic) bond motifs is 1. The van der Waals surface area contributed by atoms with Crippen molar-refractivity contribution in [2.45, 2.75) is 34.2 Å². The lowest BCUT2D eigenvalue weighted by molar-refractivity contribution is 0.723. The van der Waals surface area contributed by atoms with Gasteiger partial charge in [0.25, 0.3) is 5.56 Å². The molecule has 2 rings (SSSR count). The van der Waals surface area contributed by atoms with Crippen LogP contribution in [-0.2, 0) is 6.54 Å². The normalized spacial score (nSPS) is 11.2. The van der Waals surface area contributed by atoms with Gasteiger partial charge < -0.3 is 4.57 Å². The molecule has 2 heterocycles. The van der Waals surface area contributed by atoms with Crippen LogP contribution in [0.3, 0.4) is 0 Å². The lowest BCUT2D eigenvalue weighted by Crippen LogP contribution is -2.09. The fourth-order valence-corrected chi connectivity index (χ4v) is 2.32. The SMILES string of the molecule is CCn1c(C)c2c(C)n[nH]c(=O)c2c1C. The van der Waals surface area contributed by atoms with Crippen LogP contribution in [0.15, 0.2) is 4.79 Å². The van der Waals surface area contributed by atoms with Crippen LogP contribution in [0.2, 0.25) is 0 Å². The summed E-state index contributed by atoms with van der Waals surface area (Å²) in [5, 5.41) is 8.31. The minimum atomic E-state index is -0.0941. The standard InChI is InChI=1S/C11H15N3O/c1-5-14-7(3)9-6(2)12-13-11(15)10(9)8(14)4/h5H2,1-4H3,(H,13,15). The third-order valence-electron chi connectivity index (χ3n) is 3.01.